The fraction of sp³-hybridized carbons (Fsp3) is 0.667. The molecular formula is C9H15O6. The monoisotopic (exact) mass is 219 g/mol. The van der Waals surface area contributed by atoms with Gasteiger partial charge in [0.1, 0.15) is 12.7 Å². The highest BCUT2D eigenvalue weighted by atomic mass is 16.7. The Bertz CT molecular complexity index is 203. The van der Waals surface area contributed by atoms with Gasteiger partial charge in [0.05, 0.1) is 13.2 Å². The first kappa shape index (κ1) is 13.5. The SMILES string of the molecule is [CH2]C(COC(=O)OCC)OC(=O)OCC. The second-order valence-electron chi connectivity index (χ2n) is 2.42. The molecule has 0 heterocycles. The Balaban J connectivity index is 3.60. The summed E-state index contributed by atoms with van der Waals surface area (Å²) in [5.74, 6) is 0. The van der Waals surface area contributed by atoms with Crippen LogP contribution in [0, 0.1) is 6.92 Å². The minimum Gasteiger partial charge on any atom is -0.435 e. The third-order valence-electron chi connectivity index (χ3n) is 1.17. The van der Waals surface area contributed by atoms with Crippen molar-refractivity contribution in [2.45, 2.75) is 20.0 Å². The molecule has 1 unspecified atom stereocenters. The molecule has 0 aliphatic heterocycles. The lowest BCUT2D eigenvalue weighted by molar-refractivity contribution is -0.000564. The van der Waals surface area contributed by atoms with Crippen molar-refractivity contribution < 1.29 is 28.5 Å². The van der Waals surface area contributed by atoms with E-state index >= 15 is 0 Å². The lowest BCUT2D eigenvalue weighted by atomic mass is 10.4. The average molecular weight is 219 g/mol. The standard InChI is InChI=1S/C9H15O6/c1-4-12-8(10)14-6-7(3)15-9(11)13-5-2/h7H,3-6H2,1-2H3. The quantitative estimate of drug-likeness (QED) is 0.653. The summed E-state index contributed by atoms with van der Waals surface area (Å²) < 4.78 is 18.2. The topological polar surface area (TPSA) is 71.1 Å². The fourth-order valence-corrected chi connectivity index (χ4v) is 0.642. The van der Waals surface area contributed by atoms with Crippen LogP contribution in [0.25, 0.3) is 0 Å². The number of hydrogen-bond acceptors (Lipinski definition) is 6. The highest BCUT2D eigenvalue weighted by Crippen LogP contribution is 1.96. The molecule has 0 amide bonds. The maximum atomic E-state index is 10.8. The molecule has 0 rings (SSSR count). The van der Waals surface area contributed by atoms with Crippen LogP contribution in [0.3, 0.4) is 0 Å². The van der Waals surface area contributed by atoms with Gasteiger partial charge in [0.15, 0.2) is 0 Å². The molecule has 0 aliphatic carbocycles. The van der Waals surface area contributed by atoms with Gasteiger partial charge in [0, 0.05) is 0 Å². The molecule has 0 spiro atoms. The van der Waals surface area contributed by atoms with Crippen molar-refractivity contribution >= 4 is 12.3 Å². The van der Waals surface area contributed by atoms with Gasteiger partial charge in [0.2, 0.25) is 0 Å². The van der Waals surface area contributed by atoms with Crippen molar-refractivity contribution in [2.24, 2.45) is 0 Å². The lowest BCUT2D eigenvalue weighted by Gasteiger charge is -2.12. The Kier molecular flexibility index (Phi) is 7.13. The van der Waals surface area contributed by atoms with Crippen LogP contribution in [-0.4, -0.2) is 38.2 Å². The Morgan fingerprint density at radius 1 is 1.07 bits per heavy atom. The zero-order chi connectivity index (χ0) is 11.7. The smallest absolute Gasteiger partial charge is 0.435 e. The Hall–Kier alpha value is -1.46. The summed E-state index contributed by atoms with van der Waals surface area (Å²) in [7, 11) is 0. The number of rotatable bonds is 5. The maximum Gasteiger partial charge on any atom is 0.508 e. The highest BCUT2D eigenvalue weighted by Gasteiger charge is 2.12. The fourth-order valence-electron chi connectivity index (χ4n) is 0.642. The van der Waals surface area contributed by atoms with Crippen LogP contribution in [0.4, 0.5) is 9.59 Å². The third kappa shape index (κ3) is 7.60. The van der Waals surface area contributed by atoms with Gasteiger partial charge in [0.25, 0.3) is 0 Å². The molecule has 0 fully saturated rings. The van der Waals surface area contributed by atoms with Crippen molar-refractivity contribution in [2.75, 3.05) is 19.8 Å². The predicted molar refractivity (Wildman–Crippen MR) is 50.2 cm³/mol. The minimum absolute atomic E-state index is 0.169. The van der Waals surface area contributed by atoms with Crippen molar-refractivity contribution in [1.82, 2.24) is 0 Å². The molecule has 1 atom stereocenters. The van der Waals surface area contributed by atoms with Gasteiger partial charge in [-0.2, -0.15) is 0 Å². The van der Waals surface area contributed by atoms with Crippen LogP contribution in [0.1, 0.15) is 13.8 Å². The van der Waals surface area contributed by atoms with E-state index in [1.54, 1.807) is 13.8 Å². The first-order valence-electron chi connectivity index (χ1n) is 4.56. The Morgan fingerprint density at radius 2 is 1.60 bits per heavy atom. The van der Waals surface area contributed by atoms with Gasteiger partial charge in [-0.1, -0.05) is 0 Å². The third-order valence-corrected chi connectivity index (χ3v) is 1.17. The molecular weight excluding hydrogens is 204 g/mol. The first-order chi connectivity index (χ1) is 7.10. The maximum absolute atomic E-state index is 10.8. The molecule has 87 valence electrons. The van der Waals surface area contributed by atoms with E-state index in [-0.39, 0.29) is 19.8 Å². The van der Waals surface area contributed by atoms with E-state index in [0.29, 0.717) is 0 Å². The van der Waals surface area contributed by atoms with Gasteiger partial charge in [-0.25, -0.2) is 9.59 Å². The summed E-state index contributed by atoms with van der Waals surface area (Å²) >= 11 is 0. The summed E-state index contributed by atoms with van der Waals surface area (Å²) in [6, 6.07) is 0. The summed E-state index contributed by atoms with van der Waals surface area (Å²) in [5.41, 5.74) is 0. The lowest BCUT2D eigenvalue weighted by Crippen LogP contribution is -2.23. The first-order valence-corrected chi connectivity index (χ1v) is 4.56. The van der Waals surface area contributed by atoms with E-state index in [1.165, 1.54) is 0 Å². The molecule has 0 aliphatic rings. The van der Waals surface area contributed by atoms with Gasteiger partial charge in [-0.3, -0.25) is 0 Å². The van der Waals surface area contributed by atoms with Crippen LogP contribution in [0.15, 0.2) is 0 Å². The number of carbonyl (C=O) groups excluding carboxylic acids is 2. The number of hydrogen-bond donors (Lipinski definition) is 0. The van der Waals surface area contributed by atoms with E-state index in [9.17, 15) is 9.59 Å². The summed E-state index contributed by atoms with van der Waals surface area (Å²) in [4.78, 5) is 21.5. The normalized spacial score (nSPS) is 11.4. The number of carbonyl (C=O) groups is 2. The molecule has 0 aromatic carbocycles. The van der Waals surface area contributed by atoms with Crippen LogP contribution in [0.2, 0.25) is 0 Å². The molecule has 15 heavy (non-hydrogen) atoms. The summed E-state index contributed by atoms with van der Waals surface area (Å²) in [6.07, 6.45) is -2.47. The molecule has 0 aromatic rings. The minimum atomic E-state index is -0.843. The van der Waals surface area contributed by atoms with Crippen LogP contribution in [-0.2, 0) is 18.9 Å². The highest BCUT2D eigenvalue weighted by molar-refractivity contribution is 5.61. The predicted octanol–water partition coefficient (Wildman–Crippen LogP) is 1.54. The van der Waals surface area contributed by atoms with Crippen LogP contribution < -0.4 is 0 Å². The van der Waals surface area contributed by atoms with E-state index in [1.807, 2.05) is 0 Å². The van der Waals surface area contributed by atoms with Crippen LogP contribution >= 0.6 is 0 Å². The van der Waals surface area contributed by atoms with Crippen molar-refractivity contribution in [3.05, 3.63) is 6.92 Å². The molecule has 0 saturated carbocycles. The van der Waals surface area contributed by atoms with E-state index in [2.05, 4.69) is 25.9 Å². The van der Waals surface area contributed by atoms with Crippen LogP contribution in [0.5, 0.6) is 0 Å². The molecule has 0 aromatic heterocycles. The zero-order valence-electron chi connectivity index (χ0n) is 8.86. The largest absolute Gasteiger partial charge is 0.508 e. The van der Waals surface area contributed by atoms with Crippen molar-refractivity contribution in [3.63, 3.8) is 0 Å². The van der Waals surface area contributed by atoms with Crippen molar-refractivity contribution in [1.29, 1.82) is 0 Å². The number of ether oxygens (including phenoxy) is 4. The van der Waals surface area contributed by atoms with Gasteiger partial charge < -0.3 is 18.9 Å². The molecule has 0 N–H and O–H groups in total. The van der Waals surface area contributed by atoms with Gasteiger partial charge in [-0.15, -0.1) is 0 Å². The summed E-state index contributed by atoms with van der Waals surface area (Å²) in [6.45, 7) is 7.00. The Labute approximate surface area is 88.4 Å². The molecule has 6 heteroatoms. The Morgan fingerprint density at radius 3 is 2.13 bits per heavy atom. The second kappa shape index (κ2) is 7.90. The van der Waals surface area contributed by atoms with E-state index in [4.69, 9.17) is 0 Å². The molecule has 1 radical (unpaired) electrons. The molecule has 0 saturated heterocycles. The average Bonchev–Trinajstić information content (AvgIpc) is 2.15. The van der Waals surface area contributed by atoms with Gasteiger partial charge in [-0.05, 0) is 20.8 Å². The van der Waals surface area contributed by atoms with Crippen molar-refractivity contribution in [3.8, 4) is 0 Å². The van der Waals surface area contributed by atoms with Gasteiger partial charge >= 0.3 is 12.3 Å². The zero-order valence-corrected chi connectivity index (χ0v) is 8.86. The van der Waals surface area contributed by atoms with E-state index < -0.39 is 18.4 Å². The summed E-state index contributed by atoms with van der Waals surface area (Å²) in [5, 5.41) is 0. The van der Waals surface area contributed by atoms with E-state index in [0.717, 1.165) is 0 Å². The second-order valence-corrected chi connectivity index (χ2v) is 2.42. The molecule has 6 nitrogen and oxygen atoms in total. The molecule has 0 bridgehead atoms.